The molecule has 17 heteroatoms. The Hall–Kier alpha value is -6.12. The number of carbonyl (C=O) groups excluding carboxylic acids is 2. The van der Waals surface area contributed by atoms with E-state index in [1.807, 2.05) is 30.7 Å². The Balaban J connectivity index is 0.772. The maximum absolute atomic E-state index is 15.6. The van der Waals surface area contributed by atoms with Crippen LogP contribution in [0.15, 0.2) is 55.2 Å². The van der Waals surface area contributed by atoms with Crippen molar-refractivity contribution >= 4 is 34.5 Å². The van der Waals surface area contributed by atoms with Crippen LogP contribution in [0.4, 0.5) is 21.6 Å². The number of nitriles is 1. The minimum absolute atomic E-state index is 0.225. The van der Waals surface area contributed by atoms with Crippen LogP contribution in [0, 0.1) is 34.9 Å². The number of amides is 2. The molecule has 4 aromatic heterocycles. The molecular formula is C43H48FN13O3. The fourth-order valence-electron chi connectivity index (χ4n) is 10.1. The highest BCUT2D eigenvalue weighted by Crippen LogP contribution is 2.51. The number of halogens is 1. The number of nitrogens with zero attached hydrogens (tertiary/aromatic N) is 10. The fraction of sp³-hybridized carbons (Fsp3) is 0.465. The molecule has 5 aromatic rings. The van der Waals surface area contributed by atoms with Gasteiger partial charge >= 0.3 is 0 Å². The first kappa shape index (κ1) is 38.1. The lowest BCUT2D eigenvalue weighted by molar-refractivity contribution is -0.133. The number of fused-ring (bicyclic) bond motifs is 2. The number of aromatic nitrogens is 6. The van der Waals surface area contributed by atoms with Gasteiger partial charge in [0, 0.05) is 87.4 Å². The number of carbonyl (C=O) groups is 2. The van der Waals surface area contributed by atoms with Gasteiger partial charge in [-0.2, -0.15) is 15.5 Å². The largest absolute Gasteiger partial charge is 0.495 e. The van der Waals surface area contributed by atoms with Gasteiger partial charge in [0.1, 0.15) is 40.6 Å². The summed E-state index contributed by atoms with van der Waals surface area (Å²) in [7, 11) is 1.52. The lowest BCUT2D eigenvalue weighted by Crippen LogP contribution is -2.51. The van der Waals surface area contributed by atoms with Gasteiger partial charge in [-0.25, -0.2) is 18.9 Å². The van der Waals surface area contributed by atoms with Gasteiger partial charge < -0.3 is 25.6 Å². The van der Waals surface area contributed by atoms with Crippen molar-refractivity contribution < 1.29 is 18.7 Å². The summed E-state index contributed by atoms with van der Waals surface area (Å²) in [6.07, 6.45) is 13.8. The predicted octanol–water partition coefficient (Wildman–Crippen LogP) is 3.84. The molecule has 3 aliphatic heterocycles. The highest BCUT2D eigenvalue weighted by atomic mass is 19.1. The number of piperazine rings is 1. The zero-order chi connectivity index (χ0) is 41.1. The minimum Gasteiger partial charge on any atom is -0.495 e. The number of rotatable bonds is 10. The third-order valence-electron chi connectivity index (χ3n) is 13.6. The van der Waals surface area contributed by atoms with Crippen LogP contribution in [-0.4, -0.2) is 111 Å². The highest BCUT2D eigenvalue weighted by molar-refractivity contribution is 6.01. The molecule has 5 fully saturated rings. The number of piperidine rings is 2. The molecule has 0 spiro atoms. The van der Waals surface area contributed by atoms with Crippen molar-refractivity contribution in [2.24, 2.45) is 23.5 Å². The highest BCUT2D eigenvalue weighted by Gasteiger charge is 2.54. The van der Waals surface area contributed by atoms with Crippen molar-refractivity contribution in [1.29, 1.82) is 5.26 Å². The zero-order valence-corrected chi connectivity index (χ0v) is 33.5. The molecule has 10 rings (SSSR count). The molecule has 3 saturated heterocycles. The first-order valence-corrected chi connectivity index (χ1v) is 21.0. The molecule has 2 saturated carbocycles. The summed E-state index contributed by atoms with van der Waals surface area (Å²) in [6, 6.07) is 9.49. The summed E-state index contributed by atoms with van der Waals surface area (Å²) >= 11 is 0. The van der Waals surface area contributed by atoms with E-state index >= 15 is 4.39 Å². The molecule has 0 bridgehead atoms. The average molecular weight is 814 g/mol. The van der Waals surface area contributed by atoms with Crippen LogP contribution >= 0.6 is 0 Å². The number of benzene rings is 1. The van der Waals surface area contributed by atoms with Crippen LogP contribution in [0.25, 0.3) is 28.0 Å². The number of hydrogen-bond donors (Lipinski definition) is 3. The number of nitrogens with one attached hydrogen (secondary N) is 2. The van der Waals surface area contributed by atoms with Crippen molar-refractivity contribution in [2.45, 2.75) is 56.7 Å². The standard InChI is InChI=1S/C43H48FN13O3/c1-60-38-15-37(33(44)14-35(38)50-34-7-9-40(58)52-43(34)59)54-12-10-53(11-13-54)28-3-5-29(6-4-28)56-21-27(20-48-56)36-24-57-42(26(16-45)19-49-57)41(51-36)25-2-8-39(47-18-25)55-22-31-30(17-46)32(31)23-55/h2,8,14-15,18-21,24,28-32,34,50H,3-7,9-13,17,22-23,46H2,1H3,(H,52,58,59)/t28?,29?,30?,31-,32+,34?. The van der Waals surface area contributed by atoms with Gasteiger partial charge in [-0.15, -0.1) is 0 Å². The Labute approximate surface area is 346 Å². The first-order valence-electron chi connectivity index (χ1n) is 21.0. The summed E-state index contributed by atoms with van der Waals surface area (Å²) in [5, 5.41) is 24.6. The third-order valence-corrected chi connectivity index (χ3v) is 13.6. The Kier molecular flexibility index (Phi) is 9.83. The number of methoxy groups -OCH3 is 1. The molecule has 5 aliphatic rings. The Morgan fingerprint density at radius 1 is 0.950 bits per heavy atom. The maximum Gasteiger partial charge on any atom is 0.249 e. The van der Waals surface area contributed by atoms with Crippen LogP contribution < -0.4 is 30.9 Å². The average Bonchev–Trinajstić information content (AvgIpc) is 3.73. The first-order chi connectivity index (χ1) is 29.3. The summed E-state index contributed by atoms with van der Waals surface area (Å²) in [5.74, 6) is 2.28. The molecule has 2 unspecified atom stereocenters. The molecular weight excluding hydrogens is 766 g/mol. The smallest absolute Gasteiger partial charge is 0.249 e. The quantitative estimate of drug-likeness (QED) is 0.173. The van der Waals surface area contributed by atoms with Crippen LogP contribution in [-0.2, 0) is 9.59 Å². The topological polar surface area (TPSA) is 188 Å². The van der Waals surface area contributed by atoms with Crippen molar-refractivity contribution in [1.82, 2.24) is 39.6 Å². The number of anilines is 3. The van der Waals surface area contributed by atoms with E-state index in [1.54, 1.807) is 16.8 Å². The summed E-state index contributed by atoms with van der Waals surface area (Å²) in [5.41, 5.74) is 11.0. The van der Waals surface area contributed by atoms with Crippen LogP contribution in [0.2, 0.25) is 0 Å². The monoisotopic (exact) mass is 813 g/mol. The molecule has 16 nitrogen and oxygen atoms in total. The van der Waals surface area contributed by atoms with Gasteiger partial charge in [0.2, 0.25) is 11.8 Å². The molecule has 4 atom stereocenters. The molecule has 310 valence electrons. The SMILES string of the molecule is COc1cc(N2CCN(C3CCC(n4cc(-c5cn6ncc(C#N)c6c(-c6ccc(N7C[C@@H]8C(CN)[C@@H]8C7)nc6)n5)cn4)CC3)CC2)c(F)cc1NC1CCC(=O)NC1=O. The summed E-state index contributed by atoms with van der Waals surface area (Å²) in [6.45, 7) is 5.76. The van der Waals surface area contributed by atoms with Gasteiger partial charge in [-0.3, -0.25) is 24.5 Å². The van der Waals surface area contributed by atoms with Crippen LogP contribution in [0.3, 0.4) is 0 Å². The van der Waals surface area contributed by atoms with Crippen molar-refractivity contribution in [3.05, 3.63) is 66.6 Å². The van der Waals surface area contributed by atoms with E-state index in [4.69, 9.17) is 25.5 Å². The van der Waals surface area contributed by atoms with Crippen LogP contribution in [0.5, 0.6) is 5.75 Å². The fourth-order valence-corrected chi connectivity index (χ4v) is 10.1. The zero-order valence-electron chi connectivity index (χ0n) is 33.5. The van der Waals surface area contributed by atoms with E-state index in [1.165, 1.54) is 13.2 Å². The van der Waals surface area contributed by atoms with Gasteiger partial charge in [0.05, 0.1) is 54.5 Å². The van der Waals surface area contributed by atoms with Gasteiger partial charge in [-0.05, 0) is 68.5 Å². The molecule has 2 aliphatic carbocycles. The summed E-state index contributed by atoms with van der Waals surface area (Å²) < 4.78 is 25.0. The van der Waals surface area contributed by atoms with Crippen molar-refractivity contribution in [3.63, 3.8) is 0 Å². The van der Waals surface area contributed by atoms with Crippen LogP contribution in [0.1, 0.15) is 50.1 Å². The normalized spacial score (nSPS) is 25.6. The summed E-state index contributed by atoms with van der Waals surface area (Å²) in [4.78, 5) is 40.7. The van der Waals surface area contributed by atoms with E-state index in [2.05, 4.69) is 47.4 Å². The van der Waals surface area contributed by atoms with E-state index < -0.39 is 11.9 Å². The van der Waals surface area contributed by atoms with E-state index in [0.717, 1.165) is 75.4 Å². The lowest BCUT2D eigenvalue weighted by Gasteiger charge is -2.42. The number of hydrogen-bond acceptors (Lipinski definition) is 13. The van der Waals surface area contributed by atoms with E-state index in [0.29, 0.717) is 82.9 Å². The second-order valence-electron chi connectivity index (χ2n) is 16.8. The molecule has 0 radical (unpaired) electrons. The molecule has 7 heterocycles. The maximum atomic E-state index is 15.6. The molecule has 60 heavy (non-hydrogen) atoms. The number of nitrogens with two attached hydrogens (primary N) is 1. The van der Waals surface area contributed by atoms with Gasteiger partial charge in [0.25, 0.3) is 0 Å². The Bertz CT molecular complexity index is 2470. The second-order valence-corrected chi connectivity index (χ2v) is 16.8. The third kappa shape index (κ3) is 6.96. The predicted molar refractivity (Wildman–Crippen MR) is 222 cm³/mol. The van der Waals surface area contributed by atoms with E-state index in [9.17, 15) is 14.9 Å². The Morgan fingerprint density at radius 2 is 1.73 bits per heavy atom. The molecule has 1 aromatic carbocycles. The second kappa shape index (κ2) is 15.5. The van der Waals surface area contributed by atoms with E-state index in [-0.39, 0.29) is 24.2 Å². The van der Waals surface area contributed by atoms with Gasteiger partial charge in [-0.1, -0.05) is 0 Å². The van der Waals surface area contributed by atoms with Crippen molar-refractivity contribution in [3.8, 4) is 34.3 Å². The van der Waals surface area contributed by atoms with Crippen molar-refractivity contribution in [2.75, 3.05) is 68.0 Å². The Morgan fingerprint density at radius 3 is 2.43 bits per heavy atom. The minimum atomic E-state index is -0.637. The lowest BCUT2D eigenvalue weighted by atomic mass is 9.90. The number of imide groups is 1. The number of ether oxygens (including phenoxy) is 1. The molecule has 2 amide bonds. The number of pyridine rings is 1. The van der Waals surface area contributed by atoms with Gasteiger partial charge in [0.15, 0.2) is 0 Å². The molecule has 4 N–H and O–H groups in total.